The van der Waals surface area contributed by atoms with Crippen molar-refractivity contribution in [1.29, 1.82) is 0 Å². The van der Waals surface area contributed by atoms with Gasteiger partial charge in [0.2, 0.25) is 0 Å². The summed E-state index contributed by atoms with van der Waals surface area (Å²) < 4.78 is 12.3. The lowest BCUT2D eigenvalue weighted by Gasteiger charge is -2.18. The van der Waals surface area contributed by atoms with Gasteiger partial charge >= 0.3 is 5.97 Å². The molecule has 1 aliphatic rings. The number of nitrogens with zero attached hydrogens (tertiary/aromatic N) is 3. The summed E-state index contributed by atoms with van der Waals surface area (Å²) >= 11 is 5.91. The van der Waals surface area contributed by atoms with Gasteiger partial charge in [0.1, 0.15) is 18.8 Å². The molecule has 114 valence electrons. The number of carbonyl (C=O) groups is 1. The highest BCUT2D eigenvalue weighted by molar-refractivity contribution is 6.30. The number of carbonyl (C=O) groups excluding carboxylic acids is 1. The fourth-order valence-corrected chi connectivity index (χ4v) is 2.25. The number of halogens is 1. The average molecular weight is 320 g/mol. The third-order valence-electron chi connectivity index (χ3n) is 3.29. The zero-order chi connectivity index (χ0) is 15.4. The van der Waals surface area contributed by atoms with Gasteiger partial charge in [-0.3, -0.25) is 0 Å². The van der Waals surface area contributed by atoms with E-state index >= 15 is 0 Å². The minimum absolute atomic E-state index is 0.376. The molecule has 7 heteroatoms. The SMILES string of the molecule is O=C(O[C@@H](Cn1cncn1)c1ccc(Cl)cc1)C1=COCC1. The summed E-state index contributed by atoms with van der Waals surface area (Å²) in [4.78, 5) is 16.1. The maximum Gasteiger partial charge on any atom is 0.337 e. The van der Waals surface area contributed by atoms with Gasteiger partial charge in [-0.15, -0.1) is 0 Å². The van der Waals surface area contributed by atoms with Gasteiger partial charge in [-0.1, -0.05) is 23.7 Å². The number of ether oxygens (including phenoxy) is 2. The van der Waals surface area contributed by atoms with Gasteiger partial charge in [0.25, 0.3) is 0 Å². The minimum Gasteiger partial charge on any atom is -0.500 e. The van der Waals surface area contributed by atoms with Crippen molar-refractivity contribution >= 4 is 17.6 Å². The standard InChI is InChI=1S/C15H14ClN3O3/c16-13-3-1-11(2-4-13)14(7-19-10-17-9-18-19)22-15(20)12-5-6-21-8-12/h1-4,8-10,14H,5-7H2/t14-/m0/s1. The smallest absolute Gasteiger partial charge is 0.337 e. The highest BCUT2D eigenvalue weighted by Gasteiger charge is 2.22. The van der Waals surface area contributed by atoms with E-state index in [2.05, 4.69) is 10.1 Å². The van der Waals surface area contributed by atoms with E-state index in [-0.39, 0.29) is 5.97 Å². The Morgan fingerprint density at radius 2 is 2.23 bits per heavy atom. The first kappa shape index (κ1) is 14.6. The van der Waals surface area contributed by atoms with Crippen LogP contribution in [0.5, 0.6) is 0 Å². The van der Waals surface area contributed by atoms with Crippen LogP contribution in [0.4, 0.5) is 0 Å². The Balaban J connectivity index is 1.78. The Kier molecular flexibility index (Phi) is 4.39. The first-order valence-electron chi connectivity index (χ1n) is 6.82. The second kappa shape index (κ2) is 6.62. The van der Waals surface area contributed by atoms with Crippen LogP contribution in [0, 0.1) is 0 Å². The molecule has 0 N–H and O–H groups in total. The van der Waals surface area contributed by atoms with Gasteiger partial charge in [-0.2, -0.15) is 5.10 Å². The molecule has 6 nitrogen and oxygen atoms in total. The van der Waals surface area contributed by atoms with Crippen molar-refractivity contribution in [2.24, 2.45) is 0 Å². The van der Waals surface area contributed by atoms with Gasteiger partial charge in [-0.05, 0) is 17.7 Å². The molecule has 1 aromatic heterocycles. The lowest BCUT2D eigenvalue weighted by Crippen LogP contribution is -2.18. The van der Waals surface area contributed by atoms with Crippen LogP contribution in [-0.2, 0) is 20.8 Å². The predicted octanol–water partition coefficient (Wildman–Crippen LogP) is 2.52. The summed E-state index contributed by atoms with van der Waals surface area (Å²) in [6, 6.07) is 7.18. The Hall–Kier alpha value is -2.34. The van der Waals surface area contributed by atoms with E-state index in [0.717, 1.165) is 5.56 Å². The predicted molar refractivity (Wildman–Crippen MR) is 79.0 cm³/mol. The van der Waals surface area contributed by atoms with Gasteiger partial charge in [0.15, 0.2) is 0 Å². The van der Waals surface area contributed by atoms with E-state index in [1.54, 1.807) is 23.1 Å². The molecule has 0 saturated heterocycles. The van der Waals surface area contributed by atoms with Crippen LogP contribution in [0.2, 0.25) is 5.02 Å². The van der Waals surface area contributed by atoms with E-state index in [1.807, 2.05) is 12.1 Å². The minimum atomic E-state index is -0.479. The molecule has 0 saturated carbocycles. The van der Waals surface area contributed by atoms with Crippen molar-refractivity contribution in [2.45, 2.75) is 19.1 Å². The van der Waals surface area contributed by atoms with Gasteiger partial charge in [0.05, 0.1) is 25.0 Å². The molecular formula is C15H14ClN3O3. The van der Waals surface area contributed by atoms with Crippen molar-refractivity contribution in [3.05, 3.63) is 59.3 Å². The lowest BCUT2D eigenvalue weighted by molar-refractivity contribution is -0.145. The van der Waals surface area contributed by atoms with Gasteiger partial charge < -0.3 is 9.47 Å². The van der Waals surface area contributed by atoms with E-state index in [9.17, 15) is 4.79 Å². The molecular weight excluding hydrogens is 306 g/mol. The molecule has 22 heavy (non-hydrogen) atoms. The van der Waals surface area contributed by atoms with E-state index in [1.165, 1.54) is 12.6 Å². The summed E-state index contributed by atoms with van der Waals surface area (Å²) in [6.45, 7) is 0.890. The van der Waals surface area contributed by atoms with Gasteiger partial charge in [0, 0.05) is 11.4 Å². The summed E-state index contributed by atoms with van der Waals surface area (Å²) in [5.74, 6) is -0.377. The van der Waals surface area contributed by atoms with Crippen LogP contribution >= 0.6 is 11.6 Å². The summed E-state index contributed by atoms with van der Waals surface area (Å²) in [5.41, 5.74) is 1.38. The Morgan fingerprint density at radius 3 is 2.86 bits per heavy atom. The van der Waals surface area contributed by atoms with Crippen LogP contribution in [0.3, 0.4) is 0 Å². The number of benzene rings is 1. The van der Waals surface area contributed by atoms with Crippen LogP contribution in [0.25, 0.3) is 0 Å². The maximum absolute atomic E-state index is 12.2. The molecule has 0 amide bonds. The van der Waals surface area contributed by atoms with Crippen LogP contribution in [0.15, 0.2) is 48.8 Å². The number of rotatable bonds is 5. The fourth-order valence-electron chi connectivity index (χ4n) is 2.13. The van der Waals surface area contributed by atoms with Crippen molar-refractivity contribution in [3.8, 4) is 0 Å². The average Bonchev–Trinajstić information content (AvgIpc) is 3.21. The molecule has 2 aromatic rings. The number of esters is 1. The first-order valence-corrected chi connectivity index (χ1v) is 7.19. The monoisotopic (exact) mass is 319 g/mol. The largest absolute Gasteiger partial charge is 0.500 e. The van der Waals surface area contributed by atoms with Crippen molar-refractivity contribution in [3.63, 3.8) is 0 Å². The number of hydrogen-bond donors (Lipinski definition) is 0. The third kappa shape index (κ3) is 3.46. The van der Waals surface area contributed by atoms with Crippen LogP contribution in [0.1, 0.15) is 18.1 Å². The summed E-state index contributed by atoms with van der Waals surface area (Å²) in [6.07, 6.45) is 4.56. The van der Waals surface area contributed by atoms with Crippen molar-refractivity contribution in [1.82, 2.24) is 14.8 Å². The fraction of sp³-hybridized carbons (Fsp3) is 0.267. The van der Waals surface area contributed by atoms with E-state index in [0.29, 0.717) is 30.2 Å². The maximum atomic E-state index is 12.2. The highest BCUT2D eigenvalue weighted by Crippen LogP contribution is 2.24. The van der Waals surface area contributed by atoms with Crippen molar-refractivity contribution < 1.29 is 14.3 Å². The van der Waals surface area contributed by atoms with E-state index < -0.39 is 6.10 Å². The molecule has 0 radical (unpaired) electrons. The molecule has 1 atom stereocenters. The van der Waals surface area contributed by atoms with Crippen LogP contribution < -0.4 is 0 Å². The topological polar surface area (TPSA) is 66.2 Å². The number of hydrogen-bond acceptors (Lipinski definition) is 5. The molecule has 1 aliphatic heterocycles. The second-order valence-corrected chi connectivity index (χ2v) is 5.26. The Labute approximate surface area is 132 Å². The molecule has 0 aliphatic carbocycles. The normalized spacial score (nSPS) is 15.0. The summed E-state index contributed by atoms with van der Waals surface area (Å²) in [7, 11) is 0. The molecule has 0 spiro atoms. The third-order valence-corrected chi connectivity index (χ3v) is 3.54. The van der Waals surface area contributed by atoms with E-state index in [4.69, 9.17) is 21.1 Å². The van der Waals surface area contributed by atoms with Gasteiger partial charge in [-0.25, -0.2) is 14.5 Å². The second-order valence-electron chi connectivity index (χ2n) is 4.83. The first-order chi connectivity index (χ1) is 10.7. The quantitative estimate of drug-likeness (QED) is 0.792. The summed E-state index contributed by atoms with van der Waals surface area (Å²) in [5, 5.41) is 4.68. The molecule has 0 unspecified atom stereocenters. The van der Waals surface area contributed by atoms with Crippen LogP contribution in [-0.4, -0.2) is 27.3 Å². The highest BCUT2D eigenvalue weighted by atomic mass is 35.5. The number of aromatic nitrogens is 3. The van der Waals surface area contributed by atoms with Crippen molar-refractivity contribution in [2.75, 3.05) is 6.61 Å². The lowest BCUT2D eigenvalue weighted by atomic mass is 10.1. The zero-order valence-corrected chi connectivity index (χ0v) is 12.4. The Morgan fingerprint density at radius 1 is 1.41 bits per heavy atom. The zero-order valence-electron chi connectivity index (χ0n) is 11.7. The Bertz CT molecular complexity index is 668. The molecule has 3 rings (SSSR count). The molecule has 1 aromatic carbocycles. The molecule has 0 bridgehead atoms. The molecule has 0 fully saturated rings. The molecule has 2 heterocycles.